The zero-order valence-electron chi connectivity index (χ0n) is 9.70. The summed E-state index contributed by atoms with van der Waals surface area (Å²) in [6.07, 6.45) is 0.772. The van der Waals surface area contributed by atoms with Crippen LogP contribution in [0.25, 0.3) is 0 Å². The third-order valence-electron chi connectivity index (χ3n) is 3.29. The molecule has 3 rings (SSSR count). The molecule has 92 valence electrons. The van der Waals surface area contributed by atoms with Crippen LogP contribution >= 0.6 is 23.2 Å². The fraction of sp³-hybridized carbons (Fsp3) is 0.200. The molecule has 0 aromatic heterocycles. The molecule has 1 aliphatic rings. The fourth-order valence-electron chi connectivity index (χ4n) is 2.34. The molecule has 0 N–H and O–H groups in total. The predicted molar refractivity (Wildman–Crippen MR) is 74.1 cm³/mol. The van der Waals surface area contributed by atoms with Crippen molar-refractivity contribution < 1.29 is 4.74 Å². The lowest BCUT2D eigenvalue weighted by atomic mass is 9.99. The smallest absolute Gasteiger partial charge is 0.0874 e. The minimum absolute atomic E-state index is 0.0543. The molecule has 1 heterocycles. The van der Waals surface area contributed by atoms with E-state index >= 15 is 0 Å². The van der Waals surface area contributed by atoms with E-state index in [-0.39, 0.29) is 6.10 Å². The summed E-state index contributed by atoms with van der Waals surface area (Å²) < 4.78 is 5.82. The number of halogens is 2. The van der Waals surface area contributed by atoms with Crippen molar-refractivity contribution in [2.75, 3.05) is 0 Å². The first kappa shape index (κ1) is 12.0. The van der Waals surface area contributed by atoms with E-state index in [2.05, 4.69) is 12.1 Å². The van der Waals surface area contributed by atoms with E-state index in [0.717, 1.165) is 12.0 Å². The summed E-state index contributed by atoms with van der Waals surface area (Å²) >= 11 is 12.4. The summed E-state index contributed by atoms with van der Waals surface area (Å²) in [7, 11) is 0. The van der Waals surface area contributed by atoms with Gasteiger partial charge in [0.1, 0.15) is 0 Å². The maximum atomic E-state index is 6.20. The van der Waals surface area contributed by atoms with Crippen LogP contribution in [0.4, 0.5) is 0 Å². The monoisotopic (exact) mass is 278 g/mol. The topological polar surface area (TPSA) is 9.23 Å². The summed E-state index contributed by atoms with van der Waals surface area (Å²) in [5.41, 5.74) is 3.46. The Bertz CT molecular complexity index is 560. The normalized spacial score (nSPS) is 17.8. The highest BCUT2D eigenvalue weighted by Gasteiger charge is 2.24. The van der Waals surface area contributed by atoms with E-state index in [1.165, 1.54) is 11.1 Å². The number of rotatable bonds is 2. The van der Waals surface area contributed by atoms with Crippen molar-refractivity contribution in [1.29, 1.82) is 0 Å². The first-order valence-corrected chi connectivity index (χ1v) is 6.63. The lowest BCUT2D eigenvalue weighted by molar-refractivity contribution is 0.0666. The summed E-state index contributed by atoms with van der Waals surface area (Å²) in [4.78, 5) is 0. The molecule has 1 aliphatic heterocycles. The molecular weight excluding hydrogens is 267 g/mol. The van der Waals surface area contributed by atoms with Gasteiger partial charge in [-0.05, 0) is 28.8 Å². The Kier molecular flexibility index (Phi) is 3.29. The van der Waals surface area contributed by atoms with Crippen LogP contribution in [0.1, 0.15) is 22.8 Å². The molecule has 1 unspecified atom stereocenters. The summed E-state index contributed by atoms with van der Waals surface area (Å²) in [5, 5.41) is 1.41. The van der Waals surface area contributed by atoms with Gasteiger partial charge in [0.05, 0.1) is 12.7 Å². The first-order chi connectivity index (χ1) is 8.75. The van der Waals surface area contributed by atoms with Crippen LogP contribution in [0.15, 0.2) is 42.5 Å². The lowest BCUT2D eigenvalue weighted by Gasteiger charge is -2.13. The van der Waals surface area contributed by atoms with E-state index in [4.69, 9.17) is 27.9 Å². The Labute approximate surface area is 116 Å². The van der Waals surface area contributed by atoms with Gasteiger partial charge in [0.25, 0.3) is 0 Å². The van der Waals surface area contributed by atoms with Gasteiger partial charge in [-0.15, -0.1) is 0 Å². The third-order valence-corrected chi connectivity index (χ3v) is 4.00. The van der Waals surface area contributed by atoms with Gasteiger partial charge in [-0.2, -0.15) is 0 Å². The molecule has 0 bridgehead atoms. The number of ether oxygens (including phenoxy) is 1. The van der Waals surface area contributed by atoms with Gasteiger partial charge in [-0.3, -0.25) is 0 Å². The van der Waals surface area contributed by atoms with Crippen LogP contribution < -0.4 is 0 Å². The maximum absolute atomic E-state index is 6.20. The Morgan fingerprint density at radius 1 is 1.00 bits per heavy atom. The molecular formula is C15H12Cl2O. The minimum Gasteiger partial charge on any atom is -0.368 e. The van der Waals surface area contributed by atoms with Crippen molar-refractivity contribution in [2.45, 2.75) is 19.1 Å². The number of hydrogen-bond acceptors (Lipinski definition) is 1. The molecule has 0 fully saturated rings. The highest BCUT2D eigenvalue weighted by atomic mass is 35.5. The largest absolute Gasteiger partial charge is 0.368 e. The standard InChI is InChI=1S/C15H12Cl2O/c16-13-6-3-7-14(17)12(13)8-15-11-5-2-1-4-10(11)9-18-15/h1-7,15H,8-9H2. The summed E-state index contributed by atoms with van der Waals surface area (Å²) in [6.45, 7) is 0.670. The highest BCUT2D eigenvalue weighted by molar-refractivity contribution is 6.36. The van der Waals surface area contributed by atoms with Gasteiger partial charge in [-0.1, -0.05) is 53.5 Å². The van der Waals surface area contributed by atoms with Crippen LogP contribution in [0, 0.1) is 0 Å². The van der Waals surface area contributed by atoms with Crippen LogP contribution in [0.3, 0.4) is 0 Å². The van der Waals surface area contributed by atoms with Gasteiger partial charge < -0.3 is 4.74 Å². The molecule has 2 aromatic rings. The molecule has 0 radical (unpaired) electrons. The lowest BCUT2D eigenvalue weighted by Crippen LogP contribution is -2.02. The Morgan fingerprint density at radius 3 is 2.50 bits per heavy atom. The average molecular weight is 279 g/mol. The average Bonchev–Trinajstić information content (AvgIpc) is 2.77. The summed E-state index contributed by atoms with van der Waals surface area (Å²) in [6, 6.07) is 13.9. The molecule has 18 heavy (non-hydrogen) atoms. The Hall–Kier alpha value is -1.02. The van der Waals surface area contributed by atoms with E-state index in [0.29, 0.717) is 16.7 Å². The van der Waals surface area contributed by atoms with Gasteiger partial charge in [0, 0.05) is 16.5 Å². The second-order valence-corrected chi connectivity index (χ2v) is 5.22. The molecule has 1 nitrogen and oxygen atoms in total. The highest BCUT2D eigenvalue weighted by Crippen LogP contribution is 2.36. The third kappa shape index (κ3) is 2.14. The first-order valence-electron chi connectivity index (χ1n) is 5.88. The second-order valence-electron chi connectivity index (χ2n) is 4.40. The molecule has 0 spiro atoms. The molecule has 2 aromatic carbocycles. The van der Waals surface area contributed by atoms with Crippen molar-refractivity contribution >= 4 is 23.2 Å². The zero-order chi connectivity index (χ0) is 12.5. The zero-order valence-corrected chi connectivity index (χ0v) is 11.2. The van der Waals surface area contributed by atoms with Crippen molar-refractivity contribution in [2.24, 2.45) is 0 Å². The van der Waals surface area contributed by atoms with Gasteiger partial charge in [0.2, 0.25) is 0 Å². The van der Waals surface area contributed by atoms with Crippen molar-refractivity contribution in [3.05, 3.63) is 69.2 Å². The quantitative estimate of drug-likeness (QED) is 0.766. The SMILES string of the molecule is Clc1cccc(Cl)c1CC1OCc2ccccc21. The van der Waals surface area contributed by atoms with Crippen LogP contribution in [-0.4, -0.2) is 0 Å². The predicted octanol–water partition coefficient (Wildman–Crippen LogP) is 4.81. The van der Waals surface area contributed by atoms with Crippen molar-refractivity contribution in [3.63, 3.8) is 0 Å². The second kappa shape index (κ2) is 4.93. The number of fused-ring (bicyclic) bond motifs is 1. The number of benzene rings is 2. The molecule has 3 heteroatoms. The van der Waals surface area contributed by atoms with Gasteiger partial charge in [-0.25, -0.2) is 0 Å². The minimum atomic E-state index is 0.0543. The molecule has 0 saturated carbocycles. The van der Waals surface area contributed by atoms with Crippen molar-refractivity contribution in [1.82, 2.24) is 0 Å². The van der Waals surface area contributed by atoms with E-state index < -0.39 is 0 Å². The van der Waals surface area contributed by atoms with E-state index in [9.17, 15) is 0 Å². The fourth-order valence-corrected chi connectivity index (χ4v) is 2.89. The van der Waals surface area contributed by atoms with Gasteiger partial charge >= 0.3 is 0 Å². The Morgan fingerprint density at radius 2 is 1.72 bits per heavy atom. The van der Waals surface area contributed by atoms with E-state index in [1.807, 2.05) is 30.3 Å². The van der Waals surface area contributed by atoms with Crippen LogP contribution in [-0.2, 0) is 17.8 Å². The number of hydrogen-bond donors (Lipinski definition) is 0. The van der Waals surface area contributed by atoms with Crippen LogP contribution in [0.5, 0.6) is 0 Å². The molecule has 1 atom stereocenters. The molecule has 0 amide bonds. The molecule has 0 aliphatic carbocycles. The van der Waals surface area contributed by atoms with Gasteiger partial charge in [0.15, 0.2) is 0 Å². The maximum Gasteiger partial charge on any atom is 0.0874 e. The Balaban J connectivity index is 1.91. The van der Waals surface area contributed by atoms with Crippen molar-refractivity contribution in [3.8, 4) is 0 Å². The molecule has 0 saturated heterocycles. The summed E-state index contributed by atoms with van der Waals surface area (Å²) in [5.74, 6) is 0. The van der Waals surface area contributed by atoms with E-state index in [1.54, 1.807) is 0 Å². The van der Waals surface area contributed by atoms with Crippen LogP contribution in [0.2, 0.25) is 10.0 Å².